The van der Waals surface area contributed by atoms with Gasteiger partial charge in [-0.1, -0.05) is 18.2 Å². The second-order valence-corrected chi connectivity index (χ2v) is 10.3. The Labute approximate surface area is 165 Å². The third-order valence-corrected chi connectivity index (χ3v) is 8.78. The standard InChI is InChI=1S/C19H27N5O3S/c25-19(17-11-13-5-1-2-6-15(13)20-17)23-10-7-16-14(12-23)18(22-21-16)28(26,27)24-8-3-4-9-24/h1-2,5-6,14,16-18,20-22H,3-4,7-12H2. The van der Waals surface area contributed by atoms with Crippen molar-refractivity contribution in [1.82, 2.24) is 20.1 Å². The lowest BCUT2D eigenvalue weighted by Gasteiger charge is -2.37. The van der Waals surface area contributed by atoms with Gasteiger partial charge in [0, 0.05) is 50.2 Å². The SMILES string of the molecule is O=C(C1Cc2ccccc2N1)N1CCC2NNC(S(=O)(=O)N3CCCC3)C2C1. The lowest BCUT2D eigenvalue weighted by Crippen LogP contribution is -2.54. The van der Waals surface area contributed by atoms with Crippen molar-refractivity contribution in [3.05, 3.63) is 29.8 Å². The van der Waals surface area contributed by atoms with Gasteiger partial charge in [0.05, 0.1) is 0 Å². The molecule has 3 N–H and O–H groups in total. The molecule has 0 aliphatic carbocycles. The molecule has 5 rings (SSSR count). The summed E-state index contributed by atoms with van der Waals surface area (Å²) in [5.74, 6) is -0.0639. The van der Waals surface area contributed by atoms with Crippen molar-refractivity contribution in [2.75, 3.05) is 31.5 Å². The number of para-hydroxylation sites is 1. The van der Waals surface area contributed by atoms with Gasteiger partial charge in [0.25, 0.3) is 0 Å². The summed E-state index contributed by atoms with van der Waals surface area (Å²) < 4.78 is 27.8. The molecule has 0 saturated carbocycles. The topological polar surface area (TPSA) is 93.8 Å². The summed E-state index contributed by atoms with van der Waals surface area (Å²) >= 11 is 0. The average Bonchev–Trinajstić information content (AvgIpc) is 3.45. The van der Waals surface area contributed by atoms with Crippen LogP contribution in [0.3, 0.4) is 0 Å². The van der Waals surface area contributed by atoms with Gasteiger partial charge in [-0.2, -0.15) is 0 Å². The van der Waals surface area contributed by atoms with E-state index < -0.39 is 15.4 Å². The smallest absolute Gasteiger partial charge is 0.245 e. The Bertz CT molecular complexity index is 845. The molecule has 1 amide bonds. The number of rotatable bonds is 3. The van der Waals surface area contributed by atoms with Crippen LogP contribution in [0.1, 0.15) is 24.8 Å². The van der Waals surface area contributed by atoms with E-state index in [1.165, 1.54) is 0 Å². The van der Waals surface area contributed by atoms with Crippen molar-refractivity contribution >= 4 is 21.6 Å². The van der Waals surface area contributed by atoms with E-state index in [-0.39, 0.29) is 23.9 Å². The first-order valence-corrected chi connectivity index (χ1v) is 11.7. The molecule has 28 heavy (non-hydrogen) atoms. The lowest BCUT2D eigenvalue weighted by atomic mass is 9.93. The molecule has 4 aliphatic rings. The van der Waals surface area contributed by atoms with E-state index in [1.54, 1.807) is 4.31 Å². The van der Waals surface area contributed by atoms with Crippen LogP contribution in [0.2, 0.25) is 0 Å². The summed E-state index contributed by atoms with van der Waals surface area (Å²) in [6.07, 6.45) is 3.29. The summed E-state index contributed by atoms with van der Waals surface area (Å²) in [5.41, 5.74) is 8.38. The average molecular weight is 406 g/mol. The van der Waals surface area contributed by atoms with Crippen molar-refractivity contribution < 1.29 is 13.2 Å². The normalized spacial score (nSPS) is 32.8. The molecule has 4 atom stereocenters. The number of amides is 1. The van der Waals surface area contributed by atoms with Crippen LogP contribution in [-0.2, 0) is 21.2 Å². The van der Waals surface area contributed by atoms with Crippen molar-refractivity contribution in [3.8, 4) is 0 Å². The third-order valence-electron chi connectivity index (χ3n) is 6.58. The number of sulfonamides is 1. The Morgan fingerprint density at radius 3 is 2.64 bits per heavy atom. The van der Waals surface area contributed by atoms with Gasteiger partial charge in [-0.15, -0.1) is 0 Å². The van der Waals surface area contributed by atoms with Crippen LogP contribution in [0.5, 0.6) is 0 Å². The molecule has 152 valence electrons. The van der Waals surface area contributed by atoms with Crippen LogP contribution in [0.25, 0.3) is 0 Å². The second kappa shape index (κ2) is 6.98. The fraction of sp³-hybridized carbons (Fsp3) is 0.632. The molecular weight excluding hydrogens is 378 g/mol. The predicted octanol–water partition coefficient (Wildman–Crippen LogP) is 0.0998. The fourth-order valence-corrected chi connectivity index (χ4v) is 7.05. The van der Waals surface area contributed by atoms with Gasteiger partial charge in [0.1, 0.15) is 11.4 Å². The number of anilines is 1. The minimum Gasteiger partial charge on any atom is -0.373 e. The highest BCUT2D eigenvalue weighted by Gasteiger charge is 2.49. The number of fused-ring (bicyclic) bond motifs is 2. The quantitative estimate of drug-likeness (QED) is 0.661. The highest BCUT2D eigenvalue weighted by atomic mass is 32.2. The van der Waals surface area contributed by atoms with Gasteiger partial charge in [0.15, 0.2) is 0 Å². The zero-order chi connectivity index (χ0) is 19.3. The lowest BCUT2D eigenvalue weighted by molar-refractivity contribution is -0.133. The summed E-state index contributed by atoms with van der Waals surface area (Å²) in [6.45, 7) is 2.32. The van der Waals surface area contributed by atoms with Gasteiger partial charge in [-0.05, 0) is 30.9 Å². The van der Waals surface area contributed by atoms with Crippen LogP contribution < -0.4 is 16.2 Å². The first kappa shape index (κ1) is 18.4. The zero-order valence-electron chi connectivity index (χ0n) is 15.8. The second-order valence-electron chi connectivity index (χ2n) is 8.26. The molecule has 0 bridgehead atoms. The van der Waals surface area contributed by atoms with Gasteiger partial charge in [0.2, 0.25) is 15.9 Å². The van der Waals surface area contributed by atoms with Crippen molar-refractivity contribution in [2.24, 2.45) is 5.92 Å². The Morgan fingerprint density at radius 1 is 1.07 bits per heavy atom. The number of hydrogen-bond donors (Lipinski definition) is 3. The van der Waals surface area contributed by atoms with Crippen LogP contribution in [0.15, 0.2) is 24.3 Å². The number of benzene rings is 1. The Balaban J connectivity index is 1.30. The fourth-order valence-electron chi connectivity index (χ4n) is 5.03. The molecule has 0 aromatic heterocycles. The van der Waals surface area contributed by atoms with Crippen LogP contribution in [0.4, 0.5) is 5.69 Å². The van der Waals surface area contributed by atoms with Gasteiger partial charge in [-0.3, -0.25) is 10.2 Å². The maximum absolute atomic E-state index is 13.1. The van der Waals surface area contributed by atoms with E-state index in [9.17, 15) is 13.2 Å². The van der Waals surface area contributed by atoms with Crippen molar-refractivity contribution in [2.45, 2.75) is 43.1 Å². The molecule has 3 fully saturated rings. The largest absolute Gasteiger partial charge is 0.373 e. The Morgan fingerprint density at radius 2 is 1.86 bits per heavy atom. The van der Waals surface area contributed by atoms with E-state index in [1.807, 2.05) is 29.2 Å². The van der Waals surface area contributed by atoms with E-state index in [2.05, 4.69) is 16.2 Å². The number of carbonyl (C=O) groups excluding carboxylic acids is 1. The minimum atomic E-state index is -3.41. The van der Waals surface area contributed by atoms with E-state index >= 15 is 0 Å². The molecule has 0 spiro atoms. The van der Waals surface area contributed by atoms with Crippen LogP contribution >= 0.6 is 0 Å². The number of likely N-dealkylation sites (tertiary alicyclic amines) is 1. The molecule has 3 saturated heterocycles. The summed E-state index contributed by atoms with van der Waals surface area (Å²) in [6, 6.07) is 7.82. The number of piperidine rings is 1. The maximum atomic E-state index is 13.1. The molecule has 1 aromatic rings. The monoisotopic (exact) mass is 405 g/mol. The number of hydrogen-bond acceptors (Lipinski definition) is 6. The molecule has 9 heteroatoms. The first-order chi connectivity index (χ1) is 13.5. The van der Waals surface area contributed by atoms with E-state index in [4.69, 9.17) is 0 Å². The number of nitrogens with one attached hydrogen (secondary N) is 3. The minimum absolute atomic E-state index is 0.0684. The predicted molar refractivity (Wildman–Crippen MR) is 106 cm³/mol. The Kier molecular flexibility index (Phi) is 4.58. The molecular formula is C19H27N5O3S. The van der Waals surface area contributed by atoms with Crippen molar-refractivity contribution in [1.29, 1.82) is 0 Å². The maximum Gasteiger partial charge on any atom is 0.245 e. The first-order valence-electron chi connectivity index (χ1n) is 10.2. The van der Waals surface area contributed by atoms with Gasteiger partial charge < -0.3 is 10.2 Å². The molecule has 1 aromatic carbocycles. The van der Waals surface area contributed by atoms with Crippen molar-refractivity contribution in [3.63, 3.8) is 0 Å². The molecule has 0 radical (unpaired) electrons. The number of hydrazine groups is 1. The highest BCUT2D eigenvalue weighted by molar-refractivity contribution is 7.89. The molecule has 4 aliphatic heterocycles. The highest BCUT2D eigenvalue weighted by Crippen LogP contribution is 2.32. The van der Waals surface area contributed by atoms with Gasteiger partial charge >= 0.3 is 0 Å². The van der Waals surface area contributed by atoms with Gasteiger partial charge in [-0.25, -0.2) is 18.1 Å². The summed E-state index contributed by atoms with van der Waals surface area (Å²) in [7, 11) is -3.41. The van der Waals surface area contributed by atoms with E-state index in [0.29, 0.717) is 32.6 Å². The Hall–Kier alpha value is -1.68. The molecule has 8 nitrogen and oxygen atoms in total. The zero-order valence-corrected chi connectivity index (χ0v) is 16.6. The number of nitrogens with zero attached hydrogens (tertiary/aromatic N) is 2. The molecule has 4 unspecified atom stereocenters. The van der Waals surface area contributed by atoms with Crippen LogP contribution in [-0.4, -0.2) is 67.2 Å². The van der Waals surface area contributed by atoms with E-state index in [0.717, 1.165) is 30.5 Å². The third kappa shape index (κ3) is 3.01. The summed E-state index contributed by atoms with van der Waals surface area (Å²) in [5, 5.41) is 2.66. The molecule has 4 heterocycles. The summed E-state index contributed by atoms with van der Waals surface area (Å²) in [4.78, 5) is 15.0. The number of carbonyl (C=O) groups is 1. The van der Waals surface area contributed by atoms with Crippen LogP contribution in [0, 0.1) is 5.92 Å².